The molecule has 1 atom stereocenters. The van der Waals surface area contributed by atoms with Crippen LogP contribution in [0.2, 0.25) is 5.02 Å². The number of aliphatic carboxylic acids is 1. The molecule has 1 unspecified atom stereocenters. The van der Waals surface area contributed by atoms with Gasteiger partial charge >= 0.3 is 5.97 Å². The van der Waals surface area contributed by atoms with Gasteiger partial charge < -0.3 is 5.11 Å². The predicted molar refractivity (Wildman–Crippen MR) is 75.8 cm³/mol. The molecule has 0 aliphatic heterocycles. The molecule has 0 spiro atoms. The van der Waals surface area contributed by atoms with Gasteiger partial charge in [0.15, 0.2) is 0 Å². The third kappa shape index (κ3) is 5.10. The highest BCUT2D eigenvalue weighted by molar-refractivity contribution is 9.10. The van der Waals surface area contributed by atoms with Crippen molar-refractivity contribution in [2.45, 2.75) is 30.7 Å². The molecule has 0 aromatic heterocycles. The Bertz CT molecular complexity index is 576. The number of carbonyl (C=O) groups is 1. The quantitative estimate of drug-likeness (QED) is 0.806. The summed E-state index contributed by atoms with van der Waals surface area (Å²) in [7, 11) is -3.68. The fourth-order valence-corrected chi connectivity index (χ4v) is 3.33. The SMILES string of the molecule is CC(CCC(=O)O)NS(=O)(=O)c1ccc(Cl)c(Br)c1. The lowest BCUT2D eigenvalue weighted by Gasteiger charge is -2.13. The third-order valence-corrected chi connectivity index (χ3v) is 5.15. The van der Waals surface area contributed by atoms with Crippen LogP contribution in [0.5, 0.6) is 0 Å². The summed E-state index contributed by atoms with van der Waals surface area (Å²) in [6.07, 6.45) is 0.136. The largest absolute Gasteiger partial charge is 0.481 e. The van der Waals surface area contributed by atoms with E-state index in [1.54, 1.807) is 6.92 Å². The van der Waals surface area contributed by atoms with Crippen molar-refractivity contribution in [3.05, 3.63) is 27.7 Å². The van der Waals surface area contributed by atoms with E-state index in [2.05, 4.69) is 20.7 Å². The Morgan fingerprint density at radius 2 is 2.16 bits per heavy atom. The summed E-state index contributed by atoms with van der Waals surface area (Å²) in [6.45, 7) is 1.62. The molecule has 0 radical (unpaired) electrons. The van der Waals surface area contributed by atoms with E-state index in [0.29, 0.717) is 9.50 Å². The molecule has 1 aromatic carbocycles. The van der Waals surface area contributed by atoms with E-state index >= 15 is 0 Å². The van der Waals surface area contributed by atoms with Gasteiger partial charge in [0.1, 0.15) is 0 Å². The Kier molecular flexibility index (Phi) is 5.79. The topological polar surface area (TPSA) is 83.5 Å². The number of nitrogens with one attached hydrogen (secondary N) is 1. The molecule has 1 aromatic rings. The molecule has 5 nitrogen and oxygen atoms in total. The second-order valence-electron chi connectivity index (χ2n) is 4.03. The normalized spacial score (nSPS) is 13.2. The number of carboxylic acids is 1. The van der Waals surface area contributed by atoms with Crippen molar-refractivity contribution in [2.24, 2.45) is 0 Å². The number of carboxylic acid groups (broad SMARTS) is 1. The van der Waals surface area contributed by atoms with Crippen LogP contribution in [0.4, 0.5) is 0 Å². The standard InChI is InChI=1S/C11H13BrClNO4S/c1-7(2-5-11(15)16)14-19(17,18)8-3-4-10(13)9(12)6-8/h3-4,6-7,14H,2,5H2,1H3,(H,15,16). The number of rotatable bonds is 6. The smallest absolute Gasteiger partial charge is 0.303 e. The minimum atomic E-state index is -3.68. The summed E-state index contributed by atoms with van der Waals surface area (Å²) in [4.78, 5) is 10.5. The van der Waals surface area contributed by atoms with Gasteiger partial charge in [-0.25, -0.2) is 13.1 Å². The second kappa shape index (κ2) is 6.69. The van der Waals surface area contributed by atoms with Gasteiger partial charge in [0, 0.05) is 16.9 Å². The number of benzene rings is 1. The summed E-state index contributed by atoms with van der Waals surface area (Å²) in [6, 6.07) is 3.80. The average Bonchev–Trinajstić information content (AvgIpc) is 2.29. The van der Waals surface area contributed by atoms with Gasteiger partial charge in [0.05, 0.1) is 9.92 Å². The first-order valence-electron chi connectivity index (χ1n) is 5.41. The number of hydrogen-bond donors (Lipinski definition) is 2. The maximum absolute atomic E-state index is 12.0. The summed E-state index contributed by atoms with van der Waals surface area (Å²) in [5.41, 5.74) is 0. The zero-order valence-electron chi connectivity index (χ0n) is 10.1. The molecule has 106 valence electrons. The van der Waals surface area contributed by atoms with E-state index in [0.717, 1.165) is 0 Å². The maximum atomic E-state index is 12.0. The molecule has 0 aliphatic carbocycles. The van der Waals surface area contributed by atoms with Crippen LogP contribution in [0.25, 0.3) is 0 Å². The first-order chi connectivity index (χ1) is 8.72. The Balaban J connectivity index is 2.80. The number of sulfonamides is 1. The molecule has 0 saturated carbocycles. The first kappa shape index (κ1) is 16.4. The molecule has 0 saturated heterocycles. The van der Waals surface area contributed by atoms with Crippen LogP contribution < -0.4 is 4.72 Å². The summed E-state index contributed by atoms with van der Waals surface area (Å²) in [5.74, 6) is -0.958. The van der Waals surface area contributed by atoms with Crippen LogP contribution in [0, 0.1) is 0 Å². The minimum Gasteiger partial charge on any atom is -0.481 e. The van der Waals surface area contributed by atoms with Gasteiger partial charge in [-0.05, 0) is 47.5 Å². The van der Waals surface area contributed by atoms with Gasteiger partial charge in [-0.2, -0.15) is 0 Å². The molecule has 2 N–H and O–H groups in total. The van der Waals surface area contributed by atoms with Crippen LogP contribution in [0.3, 0.4) is 0 Å². The molecular formula is C11H13BrClNO4S. The van der Waals surface area contributed by atoms with E-state index in [-0.39, 0.29) is 17.7 Å². The monoisotopic (exact) mass is 369 g/mol. The zero-order chi connectivity index (χ0) is 14.6. The summed E-state index contributed by atoms with van der Waals surface area (Å²) in [5, 5.41) is 8.96. The van der Waals surface area contributed by atoms with Crippen molar-refractivity contribution in [3.63, 3.8) is 0 Å². The zero-order valence-corrected chi connectivity index (χ0v) is 13.2. The number of hydrogen-bond acceptors (Lipinski definition) is 3. The van der Waals surface area contributed by atoms with Crippen LogP contribution in [0.1, 0.15) is 19.8 Å². The van der Waals surface area contributed by atoms with Crippen LogP contribution in [-0.2, 0) is 14.8 Å². The third-order valence-electron chi connectivity index (χ3n) is 2.35. The van der Waals surface area contributed by atoms with Crippen molar-refractivity contribution in [3.8, 4) is 0 Å². The average molecular weight is 371 g/mol. The highest BCUT2D eigenvalue weighted by atomic mass is 79.9. The summed E-state index contributed by atoms with van der Waals surface area (Å²) >= 11 is 8.95. The Hall–Kier alpha value is -0.630. The fourth-order valence-electron chi connectivity index (χ4n) is 1.38. The van der Waals surface area contributed by atoms with Crippen LogP contribution >= 0.6 is 27.5 Å². The molecule has 0 aliphatic rings. The van der Waals surface area contributed by atoms with Gasteiger partial charge in [-0.1, -0.05) is 11.6 Å². The highest BCUT2D eigenvalue weighted by Gasteiger charge is 2.18. The Morgan fingerprint density at radius 1 is 1.53 bits per heavy atom. The van der Waals surface area contributed by atoms with E-state index < -0.39 is 22.0 Å². The molecule has 19 heavy (non-hydrogen) atoms. The Labute approximate surface area is 125 Å². The van der Waals surface area contributed by atoms with Gasteiger partial charge in [0.25, 0.3) is 0 Å². The molecule has 8 heteroatoms. The highest BCUT2D eigenvalue weighted by Crippen LogP contribution is 2.25. The molecular weight excluding hydrogens is 358 g/mol. The van der Waals surface area contributed by atoms with E-state index in [1.165, 1.54) is 18.2 Å². The van der Waals surface area contributed by atoms with Gasteiger partial charge in [0.2, 0.25) is 10.0 Å². The van der Waals surface area contributed by atoms with Crippen LogP contribution in [-0.4, -0.2) is 25.5 Å². The lowest BCUT2D eigenvalue weighted by Crippen LogP contribution is -2.33. The van der Waals surface area contributed by atoms with Crippen molar-refractivity contribution in [1.82, 2.24) is 4.72 Å². The van der Waals surface area contributed by atoms with E-state index in [1.807, 2.05) is 0 Å². The lowest BCUT2D eigenvalue weighted by atomic mass is 10.2. The molecule has 0 fully saturated rings. The minimum absolute atomic E-state index is 0.0750. The van der Waals surface area contributed by atoms with E-state index in [9.17, 15) is 13.2 Å². The second-order valence-corrected chi connectivity index (χ2v) is 7.01. The molecule has 1 rings (SSSR count). The fraction of sp³-hybridized carbons (Fsp3) is 0.364. The number of halogens is 2. The van der Waals surface area contributed by atoms with Crippen molar-refractivity contribution in [2.75, 3.05) is 0 Å². The first-order valence-corrected chi connectivity index (χ1v) is 8.07. The maximum Gasteiger partial charge on any atom is 0.303 e. The van der Waals surface area contributed by atoms with Gasteiger partial charge in [-0.3, -0.25) is 4.79 Å². The Morgan fingerprint density at radius 3 is 2.68 bits per heavy atom. The molecule has 0 bridgehead atoms. The van der Waals surface area contributed by atoms with Crippen molar-refractivity contribution < 1.29 is 18.3 Å². The molecule has 0 amide bonds. The molecule has 0 heterocycles. The summed E-state index contributed by atoms with van der Waals surface area (Å²) < 4.78 is 27.0. The van der Waals surface area contributed by atoms with Crippen LogP contribution in [0.15, 0.2) is 27.6 Å². The predicted octanol–water partition coefficient (Wildman–Crippen LogP) is 2.63. The lowest BCUT2D eigenvalue weighted by molar-refractivity contribution is -0.137. The van der Waals surface area contributed by atoms with Gasteiger partial charge in [-0.15, -0.1) is 0 Å². The van der Waals surface area contributed by atoms with Crippen molar-refractivity contribution in [1.29, 1.82) is 0 Å². The van der Waals surface area contributed by atoms with Crippen molar-refractivity contribution >= 4 is 43.5 Å². The van der Waals surface area contributed by atoms with E-state index in [4.69, 9.17) is 16.7 Å².